The molecule has 1 aliphatic rings. The summed E-state index contributed by atoms with van der Waals surface area (Å²) >= 11 is 0. The van der Waals surface area contributed by atoms with Gasteiger partial charge in [-0.1, -0.05) is 13.8 Å². The molecule has 0 unspecified atom stereocenters. The molecule has 1 aliphatic heterocycles. The highest BCUT2D eigenvalue weighted by molar-refractivity contribution is 5.92. The number of amides is 2. The maximum atomic E-state index is 12.7. The van der Waals surface area contributed by atoms with Crippen LogP contribution in [0.4, 0.5) is 0 Å². The standard InChI is InChI=1S/C20H33N5O2/c1-17(2)6-13-25(20(27)18-16-21-8-9-22-18)14-7-19(26)23-10-15-24-11-4-3-5-12-24/h8-9,16-17H,3-7,10-15H2,1-2H3,(H,23,26)/p+1. The number of nitrogens with zero attached hydrogens (tertiary/aromatic N) is 3. The van der Waals surface area contributed by atoms with E-state index in [9.17, 15) is 9.59 Å². The maximum Gasteiger partial charge on any atom is 0.274 e. The van der Waals surface area contributed by atoms with E-state index < -0.39 is 0 Å². The van der Waals surface area contributed by atoms with Gasteiger partial charge < -0.3 is 15.1 Å². The van der Waals surface area contributed by atoms with Crippen molar-refractivity contribution in [3.8, 4) is 0 Å². The summed E-state index contributed by atoms with van der Waals surface area (Å²) in [6, 6.07) is 0. The molecular weight excluding hydrogens is 342 g/mol. The van der Waals surface area contributed by atoms with E-state index in [0.717, 1.165) is 13.0 Å². The van der Waals surface area contributed by atoms with Crippen molar-refractivity contribution in [3.63, 3.8) is 0 Å². The lowest BCUT2D eigenvalue weighted by atomic mass is 10.1. The van der Waals surface area contributed by atoms with Crippen molar-refractivity contribution in [1.82, 2.24) is 20.2 Å². The van der Waals surface area contributed by atoms with Crippen molar-refractivity contribution < 1.29 is 14.5 Å². The highest BCUT2D eigenvalue weighted by Gasteiger charge is 2.19. The Balaban J connectivity index is 1.77. The van der Waals surface area contributed by atoms with E-state index >= 15 is 0 Å². The molecule has 2 N–H and O–H groups in total. The third-order valence-corrected chi connectivity index (χ3v) is 5.02. The molecule has 27 heavy (non-hydrogen) atoms. The lowest BCUT2D eigenvalue weighted by Gasteiger charge is -2.24. The van der Waals surface area contributed by atoms with Gasteiger partial charge in [-0.25, -0.2) is 4.98 Å². The van der Waals surface area contributed by atoms with E-state index in [1.165, 1.54) is 44.7 Å². The minimum Gasteiger partial charge on any atom is -0.350 e. The van der Waals surface area contributed by atoms with Gasteiger partial charge in [0, 0.05) is 31.9 Å². The Kier molecular flexibility index (Phi) is 9.18. The van der Waals surface area contributed by atoms with Gasteiger partial charge in [-0.15, -0.1) is 0 Å². The van der Waals surface area contributed by atoms with Crippen LogP contribution in [0.1, 0.15) is 56.4 Å². The number of carbonyl (C=O) groups is 2. The van der Waals surface area contributed by atoms with Crippen molar-refractivity contribution in [2.45, 2.75) is 46.0 Å². The van der Waals surface area contributed by atoms with Crippen LogP contribution in [-0.4, -0.2) is 66.0 Å². The molecule has 0 radical (unpaired) electrons. The van der Waals surface area contributed by atoms with Crippen LogP contribution in [0.15, 0.2) is 18.6 Å². The molecule has 2 heterocycles. The Morgan fingerprint density at radius 2 is 1.96 bits per heavy atom. The Labute approximate surface area is 162 Å². The molecule has 2 rings (SSSR count). The fourth-order valence-corrected chi connectivity index (χ4v) is 3.31. The zero-order valence-electron chi connectivity index (χ0n) is 16.7. The summed E-state index contributed by atoms with van der Waals surface area (Å²) in [6.07, 6.45) is 9.67. The average molecular weight is 377 g/mol. The van der Waals surface area contributed by atoms with Gasteiger partial charge in [0.1, 0.15) is 5.69 Å². The molecule has 0 atom stereocenters. The molecule has 1 fully saturated rings. The van der Waals surface area contributed by atoms with Gasteiger partial charge in [0.25, 0.3) is 5.91 Å². The van der Waals surface area contributed by atoms with E-state index in [1.807, 2.05) is 0 Å². The van der Waals surface area contributed by atoms with Crippen molar-refractivity contribution in [1.29, 1.82) is 0 Å². The number of rotatable bonds is 10. The van der Waals surface area contributed by atoms with Crippen LogP contribution >= 0.6 is 0 Å². The Hall–Kier alpha value is -2.02. The van der Waals surface area contributed by atoms with Gasteiger partial charge in [0.05, 0.1) is 32.4 Å². The molecule has 0 aliphatic carbocycles. The minimum absolute atomic E-state index is 0.00732. The molecule has 7 heteroatoms. The smallest absolute Gasteiger partial charge is 0.274 e. The number of aromatic nitrogens is 2. The molecule has 0 saturated carbocycles. The summed E-state index contributed by atoms with van der Waals surface area (Å²) in [4.78, 5) is 36.3. The molecule has 7 nitrogen and oxygen atoms in total. The van der Waals surface area contributed by atoms with Crippen molar-refractivity contribution in [2.24, 2.45) is 5.92 Å². The predicted octanol–water partition coefficient (Wildman–Crippen LogP) is 0.540. The Morgan fingerprint density at radius 1 is 1.19 bits per heavy atom. The van der Waals surface area contributed by atoms with Gasteiger partial charge >= 0.3 is 0 Å². The van der Waals surface area contributed by atoms with Crippen LogP contribution in [0.25, 0.3) is 0 Å². The topological polar surface area (TPSA) is 79.6 Å². The highest BCUT2D eigenvalue weighted by Crippen LogP contribution is 2.07. The zero-order valence-corrected chi connectivity index (χ0v) is 16.7. The SMILES string of the molecule is CC(C)CCN(CCC(=O)NCC[NH+]1CCCCC1)C(=O)c1cnccn1. The second kappa shape index (κ2) is 11.6. The monoisotopic (exact) mass is 376 g/mol. The first-order valence-electron chi connectivity index (χ1n) is 10.2. The fraction of sp³-hybridized carbons (Fsp3) is 0.700. The summed E-state index contributed by atoms with van der Waals surface area (Å²) < 4.78 is 0. The van der Waals surface area contributed by atoms with E-state index in [4.69, 9.17) is 0 Å². The molecule has 1 aromatic heterocycles. The summed E-state index contributed by atoms with van der Waals surface area (Å²) in [5.41, 5.74) is 0.329. The van der Waals surface area contributed by atoms with E-state index in [1.54, 1.807) is 16.0 Å². The second-order valence-electron chi connectivity index (χ2n) is 7.73. The largest absolute Gasteiger partial charge is 0.350 e. The van der Waals surface area contributed by atoms with Crippen LogP contribution in [0, 0.1) is 5.92 Å². The molecule has 0 bridgehead atoms. The fourth-order valence-electron chi connectivity index (χ4n) is 3.31. The molecular formula is C20H34N5O2+. The Bertz CT molecular complexity index is 573. The summed E-state index contributed by atoms with van der Waals surface area (Å²) in [6.45, 7) is 9.40. The van der Waals surface area contributed by atoms with E-state index in [0.29, 0.717) is 37.7 Å². The van der Waals surface area contributed by atoms with Crippen molar-refractivity contribution >= 4 is 11.8 Å². The first kappa shape index (κ1) is 21.3. The van der Waals surface area contributed by atoms with Gasteiger partial charge in [-0.05, 0) is 31.6 Å². The lowest BCUT2D eigenvalue weighted by molar-refractivity contribution is -0.903. The van der Waals surface area contributed by atoms with E-state index in [-0.39, 0.29) is 11.8 Å². The number of hydrogen-bond acceptors (Lipinski definition) is 4. The number of likely N-dealkylation sites (tertiary alicyclic amines) is 1. The number of carbonyl (C=O) groups excluding carboxylic acids is 2. The Morgan fingerprint density at radius 3 is 2.63 bits per heavy atom. The maximum absolute atomic E-state index is 12.7. The molecule has 1 aromatic rings. The van der Waals surface area contributed by atoms with Crippen LogP contribution in [0.3, 0.4) is 0 Å². The third kappa shape index (κ3) is 8.03. The first-order chi connectivity index (χ1) is 13.1. The quantitative estimate of drug-likeness (QED) is 0.625. The van der Waals surface area contributed by atoms with E-state index in [2.05, 4.69) is 29.1 Å². The number of piperidine rings is 1. The van der Waals surface area contributed by atoms with Crippen LogP contribution in [0.2, 0.25) is 0 Å². The van der Waals surface area contributed by atoms with Crippen LogP contribution in [0.5, 0.6) is 0 Å². The summed E-state index contributed by atoms with van der Waals surface area (Å²) in [5.74, 6) is 0.339. The minimum atomic E-state index is -0.158. The highest BCUT2D eigenvalue weighted by atomic mass is 16.2. The molecule has 2 amide bonds. The normalized spacial score (nSPS) is 14.9. The number of quaternary nitrogens is 1. The number of nitrogens with one attached hydrogen (secondary N) is 2. The van der Waals surface area contributed by atoms with Crippen molar-refractivity contribution in [3.05, 3.63) is 24.3 Å². The average Bonchev–Trinajstić information content (AvgIpc) is 2.69. The number of hydrogen-bond donors (Lipinski definition) is 2. The van der Waals surface area contributed by atoms with Gasteiger partial charge in [0.2, 0.25) is 5.91 Å². The van der Waals surface area contributed by atoms with Gasteiger partial charge in [-0.3, -0.25) is 14.6 Å². The van der Waals surface area contributed by atoms with Crippen molar-refractivity contribution in [2.75, 3.05) is 39.3 Å². The van der Waals surface area contributed by atoms with Gasteiger partial charge in [0.15, 0.2) is 0 Å². The zero-order chi connectivity index (χ0) is 19.5. The van der Waals surface area contributed by atoms with Crippen LogP contribution in [-0.2, 0) is 4.79 Å². The predicted molar refractivity (Wildman–Crippen MR) is 104 cm³/mol. The molecule has 0 spiro atoms. The first-order valence-corrected chi connectivity index (χ1v) is 10.2. The van der Waals surface area contributed by atoms with Crippen LogP contribution < -0.4 is 10.2 Å². The second-order valence-corrected chi connectivity index (χ2v) is 7.73. The van der Waals surface area contributed by atoms with Gasteiger partial charge in [-0.2, -0.15) is 0 Å². The molecule has 150 valence electrons. The third-order valence-electron chi connectivity index (χ3n) is 5.02. The summed E-state index contributed by atoms with van der Waals surface area (Å²) in [7, 11) is 0. The summed E-state index contributed by atoms with van der Waals surface area (Å²) in [5, 5.41) is 3.00. The molecule has 1 saturated heterocycles. The molecule has 0 aromatic carbocycles. The lowest BCUT2D eigenvalue weighted by Crippen LogP contribution is -3.13.